The van der Waals surface area contributed by atoms with Gasteiger partial charge in [0.2, 0.25) is 5.91 Å². The molecule has 1 atom stereocenters. The van der Waals surface area contributed by atoms with Crippen LogP contribution in [0.3, 0.4) is 0 Å². The molecule has 0 aromatic heterocycles. The third kappa shape index (κ3) is 9.32. The molecule has 230 valence electrons. The first kappa shape index (κ1) is 32.6. The lowest BCUT2D eigenvalue weighted by Gasteiger charge is -2.15. The van der Waals surface area contributed by atoms with E-state index < -0.39 is 23.0 Å². The second-order valence-corrected chi connectivity index (χ2v) is 11.1. The highest BCUT2D eigenvalue weighted by Crippen LogP contribution is 2.27. The van der Waals surface area contributed by atoms with E-state index in [0.717, 1.165) is 4.90 Å². The minimum absolute atomic E-state index is 0.0445. The lowest BCUT2D eigenvalue weighted by molar-refractivity contribution is -0.115. The molecule has 0 heterocycles. The highest BCUT2D eigenvalue weighted by molar-refractivity contribution is 8.00. The van der Waals surface area contributed by atoms with Crippen molar-refractivity contribution in [3.8, 4) is 5.75 Å². The molecule has 0 aliphatic carbocycles. The summed E-state index contributed by atoms with van der Waals surface area (Å²) in [6.07, 6.45) is 1.59. The zero-order valence-corrected chi connectivity index (χ0v) is 25.9. The predicted molar refractivity (Wildman–Crippen MR) is 176 cm³/mol. The first-order chi connectivity index (χ1) is 21.8. The van der Waals surface area contributed by atoms with Gasteiger partial charge in [-0.3, -0.25) is 14.4 Å². The summed E-state index contributed by atoms with van der Waals surface area (Å²) in [6.45, 7) is 4.16. The molecular formula is C35H33N3O6S. The first-order valence-electron chi connectivity index (χ1n) is 14.1. The van der Waals surface area contributed by atoms with E-state index in [-0.39, 0.29) is 17.2 Å². The smallest absolute Gasteiger partial charge is 0.339 e. The summed E-state index contributed by atoms with van der Waals surface area (Å²) >= 11 is 1.28. The van der Waals surface area contributed by atoms with Gasteiger partial charge in [0.15, 0.2) is 0 Å². The van der Waals surface area contributed by atoms with Crippen LogP contribution in [0.15, 0.2) is 114 Å². The Bertz CT molecular complexity index is 1690. The third-order valence-electron chi connectivity index (χ3n) is 6.40. The van der Waals surface area contributed by atoms with Crippen LogP contribution in [0.1, 0.15) is 40.1 Å². The molecule has 0 saturated heterocycles. The third-order valence-corrected chi connectivity index (χ3v) is 7.49. The van der Waals surface area contributed by atoms with Gasteiger partial charge in [-0.2, -0.15) is 0 Å². The predicted octanol–water partition coefficient (Wildman–Crippen LogP) is 6.40. The summed E-state index contributed by atoms with van der Waals surface area (Å²) in [5.41, 5.74) is 2.22. The van der Waals surface area contributed by atoms with Gasteiger partial charge in [-0.25, -0.2) is 4.79 Å². The Kier molecular flexibility index (Phi) is 11.5. The number of nitrogens with one attached hydrogen (secondary N) is 3. The van der Waals surface area contributed by atoms with Crippen molar-refractivity contribution in [3.05, 3.63) is 126 Å². The summed E-state index contributed by atoms with van der Waals surface area (Å²) in [7, 11) is 1.28. The van der Waals surface area contributed by atoms with Crippen molar-refractivity contribution in [2.75, 3.05) is 24.4 Å². The van der Waals surface area contributed by atoms with E-state index in [0.29, 0.717) is 34.9 Å². The van der Waals surface area contributed by atoms with Crippen LogP contribution in [0, 0.1) is 0 Å². The molecule has 3 N–H and O–H groups in total. The molecule has 4 aromatic rings. The van der Waals surface area contributed by atoms with Gasteiger partial charge in [0.05, 0.1) is 30.2 Å². The maximum Gasteiger partial charge on any atom is 0.339 e. The van der Waals surface area contributed by atoms with Gasteiger partial charge < -0.3 is 25.4 Å². The monoisotopic (exact) mass is 623 g/mol. The number of anilines is 2. The number of hydrogen-bond donors (Lipinski definition) is 3. The zero-order chi connectivity index (χ0) is 32.2. The van der Waals surface area contributed by atoms with Crippen molar-refractivity contribution < 1.29 is 28.7 Å². The highest BCUT2D eigenvalue weighted by Gasteiger charge is 2.19. The lowest BCUT2D eigenvalue weighted by Crippen LogP contribution is -2.30. The summed E-state index contributed by atoms with van der Waals surface area (Å²) in [4.78, 5) is 52.2. The summed E-state index contributed by atoms with van der Waals surface area (Å²) in [5.74, 6) is -1.12. The van der Waals surface area contributed by atoms with E-state index in [1.807, 2.05) is 13.0 Å². The average molecular weight is 624 g/mol. The van der Waals surface area contributed by atoms with Gasteiger partial charge in [-0.1, -0.05) is 48.5 Å². The molecule has 0 radical (unpaired) electrons. The van der Waals surface area contributed by atoms with E-state index in [4.69, 9.17) is 9.47 Å². The number of amides is 3. The van der Waals surface area contributed by atoms with E-state index in [1.165, 1.54) is 18.9 Å². The van der Waals surface area contributed by atoms with Crippen molar-refractivity contribution in [1.29, 1.82) is 0 Å². The number of ether oxygens (including phenoxy) is 2. The number of benzene rings is 4. The maximum atomic E-state index is 13.5. The number of para-hydroxylation sites is 1. The molecule has 4 aromatic carbocycles. The average Bonchev–Trinajstić information content (AvgIpc) is 3.05. The number of thioether (sulfide) groups is 1. The van der Waals surface area contributed by atoms with Crippen LogP contribution in [-0.2, 0) is 14.3 Å². The molecule has 3 amide bonds. The highest BCUT2D eigenvalue weighted by atomic mass is 32.2. The van der Waals surface area contributed by atoms with Gasteiger partial charge in [-0.05, 0) is 80.1 Å². The number of hydrogen-bond acceptors (Lipinski definition) is 7. The Morgan fingerprint density at radius 1 is 0.844 bits per heavy atom. The summed E-state index contributed by atoms with van der Waals surface area (Å²) in [5, 5.41) is 7.83. The van der Waals surface area contributed by atoms with Crippen LogP contribution in [0.25, 0.3) is 6.08 Å². The van der Waals surface area contributed by atoms with Gasteiger partial charge in [0, 0.05) is 16.1 Å². The fourth-order valence-electron chi connectivity index (χ4n) is 4.15. The minimum Gasteiger partial charge on any atom is -0.494 e. The van der Waals surface area contributed by atoms with Gasteiger partial charge in [0.1, 0.15) is 11.4 Å². The topological polar surface area (TPSA) is 123 Å². The normalized spacial score (nSPS) is 11.6. The van der Waals surface area contributed by atoms with Crippen LogP contribution in [0.5, 0.6) is 5.75 Å². The molecule has 0 fully saturated rings. The molecular weight excluding hydrogens is 590 g/mol. The fraction of sp³-hybridized carbons (Fsp3) is 0.143. The van der Waals surface area contributed by atoms with E-state index in [1.54, 1.807) is 110 Å². The second-order valence-electron chi connectivity index (χ2n) is 9.65. The summed E-state index contributed by atoms with van der Waals surface area (Å²) in [6, 6.07) is 29.4. The van der Waals surface area contributed by atoms with Crippen molar-refractivity contribution >= 4 is 52.9 Å². The Morgan fingerprint density at radius 3 is 2.27 bits per heavy atom. The molecule has 0 spiro atoms. The van der Waals surface area contributed by atoms with Gasteiger partial charge >= 0.3 is 5.97 Å². The quantitative estimate of drug-likeness (QED) is 0.0948. The SMILES string of the molecule is CCOc1ccc(/C=C(/NC(=O)c2ccccc2)C(=O)Nc2cccc(SC(C)C(=O)Nc3ccccc3C(=O)OC)c2)cc1. The standard InChI is InChI=1S/C35H33N3O6S/c1-4-44-27-19-17-24(18-20-27)21-31(38-33(40)25-11-6-5-7-12-25)34(41)36-26-13-10-14-28(22-26)45-23(2)32(39)37-30-16-9-8-15-29(30)35(42)43-3/h5-23H,4H2,1-3H3,(H,36,41)(H,37,39)(H,38,40)/b31-21+. The molecule has 0 aliphatic rings. The number of esters is 1. The molecule has 4 rings (SSSR count). The molecule has 10 heteroatoms. The molecule has 0 bridgehead atoms. The molecule has 1 unspecified atom stereocenters. The van der Waals surface area contributed by atoms with Gasteiger partial charge in [0.25, 0.3) is 11.8 Å². The van der Waals surface area contributed by atoms with Crippen LogP contribution >= 0.6 is 11.8 Å². The molecule has 9 nitrogen and oxygen atoms in total. The van der Waals surface area contributed by atoms with Crippen LogP contribution in [0.2, 0.25) is 0 Å². The van der Waals surface area contributed by atoms with Gasteiger partial charge in [-0.15, -0.1) is 11.8 Å². The maximum absolute atomic E-state index is 13.5. The molecule has 45 heavy (non-hydrogen) atoms. The van der Waals surface area contributed by atoms with Crippen molar-refractivity contribution in [3.63, 3.8) is 0 Å². The molecule has 0 saturated carbocycles. The second kappa shape index (κ2) is 15.9. The largest absolute Gasteiger partial charge is 0.494 e. The van der Waals surface area contributed by atoms with Crippen LogP contribution < -0.4 is 20.7 Å². The van der Waals surface area contributed by atoms with Crippen molar-refractivity contribution in [1.82, 2.24) is 5.32 Å². The van der Waals surface area contributed by atoms with Crippen molar-refractivity contribution in [2.45, 2.75) is 24.0 Å². The number of methoxy groups -OCH3 is 1. The zero-order valence-electron chi connectivity index (χ0n) is 25.0. The Balaban J connectivity index is 1.48. The number of carbonyl (C=O) groups excluding carboxylic acids is 4. The van der Waals surface area contributed by atoms with E-state index in [9.17, 15) is 19.2 Å². The number of carbonyl (C=O) groups is 4. The van der Waals surface area contributed by atoms with Crippen molar-refractivity contribution in [2.24, 2.45) is 0 Å². The summed E-state index contributed by atoms with van der Waals surface area (Å²) < 4.78 is 10.3. The molecule has 0 aliphatic heterocycles. The Hall–Kier alpha value is -5.35. The fourth-order valence-corrected chi connectivity index (χ4v) is 5.08. The first-order valence-corrected chi connectivity index (χ1v) is 15.0. The Labute approximate surface area is 266 Å². The number of rotatable bonds is 12. The Morgan fingerprint density at radius 2 is 1.56 bits per heavy atom. The lowest BCUT2D eigenvalue weighted by atomic mass is 10.1. The van der Waals surface area contributed by atoms with E-state index >= 15 is 0 Å². The minimum atomic E-state index is -0.550. The van der Waals surface area contributed by atoms with E-state index in [2.05, 4.69) is 16.0 Å². The van der Waals surface area contributed by atoms with Crippen LogP contribution in [-0.4, -0.2) is 42.7 Å². The van der Waals surface area contributed by atoms with Crippen LogP contribution in [0.4, 0.5) is 11.4 Å².